The molecule has 1 aromatic heterocycles. The van der Waals surface area contributed by atoms with Crippen molar-refractivity contribution >= 4 is 23.6 Å². The number of amides is 4. The molecule has 0 N–H and O–H groups in total. The van der Waals surface area contributed by atoms with Crippen LogP contribution < -0.4 is 0 Å². The Morgan fingerprint density at radius 2 is 1.77 bits per heavy atom. The Labute approximate surface area is 152 Å². The van der Waals surface area contributed by atoms with Gasteiger partial charge in [0.1, 0.15) is 0 Å². The van der Waals surface area contributed by atoms with E-state index in [-0.39, 0.29) is 17.7 Å². The van der Waals surface area contributed by atoms with E-state index in [4.69, 9.17) is 0 Å². The van der Waals surface area contributed by atoms with Gasteiger partial charge in [0.15, 0.2) is 5.78 Å². The van der Waals surface area contributed by atoms with Gasteiger partial charge in [0.05, 0.1) is 6.54 Å². The number of hydrogen-bond donors (Lipinski definition) is 0. The maximum atomic E-state index is 12.7. The summed E-state index contributed by atoms with van der Waals surface area (Å²) in [4.78, 5) is 52.0. The number of Topliss-reactive ketones (excluding diaryl/α,β-unsaturated/α-hetero) is 1. The first-order chi connectivity index (χ1) is 12.2. The highest BCUT2D eigenvalue weighted by Crippen LogP contribution is 2.31. The van der Waals surface area contributed by atoms with Crippen LogP contribution >= 0.6 is 0 Å². The molecular formula is C19H25N3O4. The van der Waals surface area contributed by atoms with Gasteiger partial charge in [-0.05, 0) is 38.7 Å². The molecule has 2 fully saturated rings. The Balaban J connectivity index is 1.81. The minimum atomic E-state index is -0.897. The fourth-order valence-corrected chi connectivity index (χ4v) is 4.00. The molecule has 0 radical (unpaired) electrons. The van der Waals surface area contributed by atoms with E-state index in [1.165, 1.54) is 0 Å². The second-order valence-corrected chi connectivity index (χ2v) is 7.45. The van der Waals surface area contributed by atoms with E-state index in [9.17, 15) is 19.2 Å². The lowest BCUT2D eigenvalue weighted by molar-refractivity contribution is -0.144. The summed E-state index contributed by atoms with van der Waals surface area (Å²) in [6.45, 7) is 5.30. The zero-order valence-electron chi connectivity index (χ0n) is 15.7. The lowest BCUT2D eigenvalue weighted by Gasteiger charge is -2.34. The maximum Gasteiger partial charge on any atom is 0.334 e. The second kappa shape index (κ2) is 6.70. The second-order valence-electron chi connectivity index (χ2n) is 7.45. The molecule has 1 aliphatic carbocycles. The topological polar surface area (TPSA) is 79.7 Å². The van der Waals surface area contributed by atoms with Crippen LogP contribution in [0.25, 0.3) is 0 Å². The Hall–Kier alpha value is -2.44. The van der Waals surface area contributed by atoms with Crippen molar-refractivity contribution in [3.63, 3.8) is 0 Å². The number of ketones is 1. The summed E-state index contributed by atoms with van der Waals surface area (Å²) in [5, 5.41) is 0. The molecule has 0 bridgehead atoms. The van der Waals surface area contributed by atoms with Crippen LogP contribution in [0.3, 0.4) is 0 Å². The Bertz CT molecular complexity index is 795. The summed E-state index contributed by atoms with van der Waals surface area (Å²) in [5.41, 5.74) is 2.16. The molecule has 1 aromatic rings. The molecule has 0 aromatic carbocycles. The van der Waals surface area contributed by atoms with Crippen molar-refractivity contribution in [2.75, 3.05) is 6.54 Å². The first kappa shape index (κ1) is 18.4. The molecule has 0 spiro atoms. The average molecular weight is 359 g/mol. The normalized spacial score (nSPS) is 23.9. The minimum Gasteiger partial charge on any atom is -0.351 e. The van der Waals surface area contributed by atoms with E-state index >= 15 is 0 Å². The van der Waals surface area contributed by atoms with Gasteiger partial charge in [-0.25, -0.2) is 9.69 Å². The molecule has 26 heavy (non-hydrogen) atoms. The van der Waals surface area contributed by atoms with Crippen LogP contribution in [0.1, 0.15) is 54.4 Å². The standard InChI is InChI=1S/C19H25N3O4/c1-11-7-5-6-8-15(11)22-18(25)17(24)21(19(22)26)10-16(23)14-9-12(2)20(4)13(14)3/h9,11,15H,5-8,10H2,1-4H3/t11-,15+/m0/s1. The zero-order chi connectivity index (χ0) is 19.2. The van der Waals surface area contributed by atoms with Gasteiger partial charge in [-0.3, -0.25) is 19.3 Å². The van der Waals surface area contributed by atoms with Crippen LogP contribution in [0.5, 0.6) is 0 Å². The molecule has 4 amide bonds. The van der Waals surface area contributed by atoms with Crippen LogP contribution in [0.2, 0.25) is 0 Å². The van der Waals surface area contributed by atoms with Gasteiger partial charge < -0.3 is 4.57 Å². The molecule has 7 heteroatoms. The van der Waals surface area contributed by atoms with Crippen LogP contribution in [0.4, 0.5) is 4.79 Å². The number of rotatable bonds is 4. The van der Waals surface area contributed by atoms with Gasteiger partial charge >= 0.3 is 17.8 Å². The molecule has 2 atom stereocenters. The van der Waals surface area contributed by atoms with Crippen LogP contribution in [-0.4, -0.2) is 50.6 Å². The van der Waals surface area contributed by atoms with Crippen molar-refractivity contribution in [3.05, 3.63) is 23.0 Å². The van der Waals surface area contributed by atoms with E-state index in [2.05, 4.69) is 0 Å². The summed E-state index contributed by atoms with van der Waals surface area (Å²) in [5.74, 6) is -1.87. The minimum absolute atomic E-state index is 0.166. The highest BCUT2D eigenvalue weighted by molar-refractivity contribution is 6.45. The van der Waals surface area contributed by atoms with Gasteiger partial charge in [-0.2, -0.15) is 0 Å². The third-order valence-corrected chi connectivity index (χ3v) is 5.86. The Morgan fingerprint density at radius 1 is 1.12 bits per heavy atom. The Kier molecular flexibility index (Phi) is 4.73. The lowest BCUT2D eigenvalue weighted by atomic mass is 9.85. The van der Waals surface area contributed by atoms with E-state index in [1.807, 2.05) is 32.4 Å². The van der Waals surface area contributed by atoms with Crippen molar-refractivity contribution in [2.24, 2.45) is 13.0 Å². The average Bonchev–Trinajstić information content (AvgIpc) is 2.98. The highest BCUT2D eigenvalue weighted by atomic mass is 16.2. The summed E-state index contributed by atoms with van der Waals surface area (Å²) >= 11 is 0. The predicted octanol–water partition coefficient (Wildman–Crippen LogP) is 2.19. The molecule has 7 nitrogen and oxygen atoms in total. The number of imide groups is 2. The molecule has 2 heterocycles. The molecular weight excluding hydrogens is 334 g/mol. The largest absolute Gasteiger partial charge is 0.351 e. The molecule has 2 aliphatic rings. The van der Waals surface area contributed by atoms with Crippen molar-refractivity contribution in [1.29, 1.82) is 0 Å². The highest BCUT2D eigenvalue weighted by Gasteiger charge is 2.49. The van der Waals surface area contributed by atoms with E-state index in [1.54, 1.807) is 6.07 Å². The monoisotopic (exact) mass is 359 g/mol. The number of urea groups is 1. The Morgan fingerprint density at radius 3 is 2.35 bits per heavy atom. The summed E-state index contributed by atoms with van der Waals surface area (Å²) in [7, 11) is 1.85. The summed E-state index contributed by atoms with van der Waals surface area (Å²) in [6.07, 6.45) is 3.64. The third kappa shape index (κ3) is 2.85. The third-order valence-electron chi connectivity index (χ3n) is 5.86. The van der Waals surface area contributed by atoms with Gasteiger partial charge in [-0.15, -0.1) is 0 Å². The van der Waals surface area contributed by atoms with Crippen LogP contribution in [-0.2, 0) is 16.6 Å². The zero-order valence-corrected chi connectivity index (χ0v) is 15.7. The van der Waals surface area contributed by atoms with E-state index in [0.29, 0.717) is 12.0 Å². The van der Waals surface area contributed by atoms with Gasteiger partial charge in [0.2, 0.25) is 0 Å². The number of aromatic nitrogens is 1. The molecule has 140 valence electrons. The number of carbonyl (C=O) groups is 4. The lowest BCUT2D eigenvalue weighted by Crippen LogP contribution is -2.46. The number of nitrogens with zero attached hydrogens (tertiary/aromatic N) is 3. The van der Waals surface area contributed by atoms with E-state index < -0.39 is 24.4 Å². The molecule has 3 rings (SSSR count). The fourth-order valence-electron chi connectivity index (χ4n) is 4.00. The molecule has 0 unspecified atom stereocenters. The number of carbonyl (C=O) groups excluding carboxylic acids is 4. The number of hydrogen-bond acceptors (Lipinski definition) is 4. The van der Waals surface area contributed by atoms with E-state index in [0.717, 1.165) is 40.5 Å². The predicted molar refractivity (Wildman–Crippen MR) is 94.6 cm³/mol. The summed E-state index contributed by atoms with van der Waals surface area (Å²) < 4.78 is 1.88. The van der Waals surface area contributed by atoms with Crippen molar-refractivity contribution in [2.45, 2.75) is 52.5 Å². The van der Waals surface area contributed by atoms with Crippen molar-refractivity contribution in [3.8, 4) is 0 Å². The first-order valence-electron chi connectivity index (χ1n) is 9.09. The van der Waals surface area contributed by atoms with Gasteiger partial charge in [0.25, 0.3) is 0 Å². The van der Waals surface area contributed by atoms with Crippen molar-refractivity contribution < 1.29 is 19.2 Å². The molecule has 1 saturated carbocycles. The van der Waals surface area contributed by atoms with Crippen molar-refractivity contribution in [1.82, 2.24) is 14.4 Å². The fraction of sp³-hybridized carbons (Fsp3) is 0.579. The maximum absolute atomic E-state index is 12.7. The molecule has 1 saturated heterocycles. The van der Waals surface area contributed by atoms with Gasteiger partial charge in [0, 0.05) is 30.0 Å². The van der Waals surface area contributed by atoms with Crippen LogP contribution in [0.15, 0.2) is 6.07 Å². The summed E-state index contributed by atoms with van der Waals surface area (Å²) in [6, 6.07) is 0.830. The van der Waals surface area contributed by atoms with Gasteiger partial charge in [-0.1, -0.05) is 19.8 Å². The smallest absolute Gasteiger partial charge is 0.334 e. The van der Waals surface area contributed by atoms with Crippen LogP contribution in [0, 0.1) is 19.8 Å². The number of aryl methyl sites for hydroxylation is 1. The SMILES string of the molecule is Cc1cc(C(=O)CN2C(=O)C(=O)N([C@@H]3CCCC[C@@H]3C)C2=O)c(C)n1C. The molecule has 1 aliphatic heterocycles. The quantitative estimate of drug-likeness (QED) is 0.469. The first-order valence-corrected chi connectivity index (χ1v) is 9.09.